The zero-order valence-corrected chi connectivity index (χ0v) is 12.8. The molecule has 2 heterocycles. The van der Waals surface area contributed by atoms with Crippen molar-refractivity contribution in [2.75, 3.05) is 17.7 Å². The summed E-state index contributed by atoms with van der Waals surface area (Å²) in [6.07, 6.45) is 9.10. The van der Waals surface area contributed by atoms with Crippen LogP contribution in [-0.4, -0.2) is 37.3 Å². The number of aliphatic hydroxyl groups is 1. The van der Waals surface area contributed by atoms with Crippen molar-refractivity contribution in [3.63, 3.8) is 0 Å². The number of nitrogen functional groups attached to an aromatic ring is 1. The van der Waals surface area contributed by atoms with Crippen molar-refractivity contribution in [3.05, 3.63) is 18.5 Å². The van der Waals surface area contributed by atoms with Crippen molar-refractivity contribution in [2.45, 2.75) is 31.3 Å². The molecule has 118 valence electrons. The van der Waals surface area contributed by atoms with Crippen LogP contribution < -0.4 is 11.1 Å². The molecule has 0 bridgehead atoms. The second kappa shape index (κ2) is 5.73. The quantitative estimate of drug-likeness (QED) is 0.738. The maximum absolute atomic E-state index is 9.26. The maximum Gasteiger partial charge on any atom is 0.224 e. The largest absolute Gasteiger partial charge is 0.396 e. The van der Waals surface area contributed by atoms with Crippen LogP contribution in [0.3, 0.4) is 0 Å². The molecule has 0 spiro atoms. The van der Waals surface area contributed by atoms with Gasteiger partial charge in [-0.3, -0.25) is 0 Å². The highest BCUT2D eigenvalue weighted by atomic mass is 35.5. The highest BCUT2D eigenvalue weighted by Gasteiger charge is 2.26. The summed E-state index contributed by atoms with van der Waals surface area (Å²) in [7, 11) is 0. The standard InChI is InChI=1S/C14H18N6O.ClH/c15-14-18-12(17-9-2-3-9)11-13(19-14)20(7-16-11)10-4-1-8(5-10)6-21;/h1,4,7-10,21H,2-3,5-6H2,(H3,15,17,18,19);1H. The number of anilines is 2. The molecule has 1 fully saturated rings. The topological polar surface area (TPSA) is 102 Å². The van der Waals surface area contributed by atoms with Crippen LogP contribution in [0.25, 0.3) is 11.2 Å². The number of hydrogen-bond donors (Lipinski definition) is 3. The third-order valence-electron chi connectivity index (χ3n) is 4.10. The van der Waals surface area contributed by atoms with E-state index < -0.39 is 0 Å². The van der Waals surface area contributed by atoms with E-state index in [9.17, 15) is 5.11 Å². The first kappa shape index (κ1) is 15.1. The Hall–Kier alpha value is -1.86. The molecule has 2 atom stereocenters. The fourth-order valence-corrected chi connectivity index (χ4v) is 2.79. The first-order valence-corrected chi connectivity index (χ1v) is 7.30. The van der Waals surface area contributed by atoms with Gasteiger partial charge in [0.2, 0.25) is 5.95 Å². The lowest BCUT2D eigenvalue weighted by Crippen LogP contribution is -2.10. The molecule has 0 amide bonds. The van der Waals surface area contributed by atoms with Gasteiger partial charge in [-0.2, -0.15) is 9.97 Å². The number of imidazole rings is 1. The Morgan fingerprint density at radius 2 is 2.14 bits per heavy atom. The lowest BCUT2D eigenvalue weighted by molar-refractivity contribution is 0.244. The minimum Gasteiger partial charge on any atom is -0.396 e. The van der Waals surface area contributed by atoms with Crippen molar-refractivity contribution < 1.29 is 5.11 Å². The van der Waals surface area contributed by atoms with Gasteiger partial charge < -0.3 is 20.7 Å². The monoisotopic (exact) mass is 322 g/mol. The summed E-state index contributed by atoms with van der Waals surface area (Å²) in [6.45, 7) is 0.172. The molecule has 2 aromatic heterocycles. The first-order valence-electron chi connectivity index (χ1n) is 7.30. The average Bonchev–Trinajstić information content (AvgIpc) is 3.01. The summed E-state index contributed by atoms with van der Waals surface area (Å²) in [4.78, 5) is 13.1. The Bertz CT molecular complexity index is 711. The molecule has 0 saturated heterocycles. The molecule has 8 heteroatoms. The number of rotatable bonds is 4. The lowest BCUT2D eigenvalue weighted by Gasteiger charge is -2.13. The van der Waals surface area contributed by atoms with Crippen LogP contribution in [0.5, 0.6) is 0 Å². The van der Waals surface area contributed by atoms with Crippen LogP contribution in [0.15, 0.2) is 18.5 Å². The second-order valence-corrected chi connectivity index (χ2v) is 5.80. The van der Waals surface area contributed by atoms with Crippen molar-refractivity contribution in [1.82, 2.24) is 19.5 Å². The Morgan fingerprint density at radius 3 is 2.82 bits per heavy atom. The van der Waals surface area contributed by atoms with E-state index in [1.165, 1.54) is 0 Å². The summed E-state index contributed by atoms with van der Waals surface area (Å²) in [5.74, 6) is 1.18. The number of halogens is 1. The van der Waals surface area contributed by atoms with E-state index in [0.29, 0.717) is 6.04 Å². The third-order valence-corrected chi connectivity index (χ3v) is 4.10. The summed E-state index contributed by atoms with van der Waals surface area (Å²) < 4.78 is 2.01. The smallest absolute Gasteiger partial charge is 0.224 e. The predicted molar refractivity (Wildman–Crippen MR) is 87.0 cm³/mol. The summed E-state index contributed by atoms with van der Waals surface area (Å²) in [5.41, 5.74) is 7.35. The molecule has 0 aromatic carbocycles. The molecule has 4 N–H and O–H groups in total. The van der Waals surface area contributed by atoms with Gasteiger partial charge in [-0.1, -0.05) is 12.2 Å². The van der Waals surface area contributed by atoms with E-state index in [1.807, 2.05) is 10.6 Å². The molecule has 2 unspecified atom stereocenters. The molecule has 2 aliphatic rings. The molecule has 22 heavy (non-hydrogen) atoms. The number of aliphatic hydroxyl groups excluding tert-OH is 1. The first-order chi connectivity index (χ1) is 10.2. The Morgan fingerprint density at radius 1 is 1.32 bits per heavy atom. The van der Waals surface area contributed by atoms with Gasteiger partial charge in [0.25, 0.3) is 0 Å². The van der Waals surface area contributed by atoms with Crippen LogP contribution in [-0.2, 0) is 0 Å². The van der Waals surface area contributed by atoms with Gasteiger partial charge in [-0.15, -0.1) is 12.4 Å². The summed E-state index contributed by atoms with van der Waals surface area (Å²) in [6, 6.07) is 0.646. The SMILES string of the molecule is Cl.Nc1nc(NC2CC2)c2ncn(C3C=CC(CO)C3)c2n1. The van der Waals surface area contributed by atoms with E-state index in [-0.39, 0.29) is 36.9 Å². The zero-order valence-electron chi connectivity index (χ0n) is 12.0. The van der Waals surface area contributed by atoms with Crippen LogP contribution in [0.1, 0.15) is 25.3 Å². The van der Waals surface area contributed by atoms with Crippen LogP contribution in [0.2, 0.25) is 0 Å². The van der Waals surface area contributed by atoms with Gasteiger partial charge in [0.05, 0.1) is 12.4 Å². The number of nitrogens with two attached hydrogens (primary N) is 1. The van der Waals surface area contributed by atoms with Gasteiger partial charge in [0.15, 0.2) is 17.0 Å². The molecule has 2 aliphatic carbocycles. The molecule has 1 saturated carbocycles. The Kier molecular flexibility index (Phi) is 3.92. The summed E-state index contributed by atoms with van der Waals surface area (Å²) in [5, 5.41) is 12.6. The molecular formula is C14H19ClN6O. The molecule has 4 rings (SSSR count). The number of nitrogens with zero attached hydrogens (tertiary/aromatic N) is 4. The molecular weight excluding hydrogens is 304 g/mol. The van der Waals surface area contributed by atoms with Crippen molar-refractivity contribution in [3.8, 4) is 0 Å². The minimum atomic E-state index is 0. The number of aromatic nitrogens is 4. The van der Waals surface area contributed by atoms with Crippen LogP contribution in [0, 0.1) is 5.92 Å². The molecule has 0 radical (unpaired) electrons. The highest BCUT2D eigenvalue weighted by Crippen LogP contribution is 2.32. The van der Waals surface area contributed by atoms with Gasteiger partial charge in [-0.05, 0) is 19.3 Å². The summed E-state index contributed by atoms with van der Waals surface area (Å²) >= 11 is 0. The molecule has 7 nitrogen and oxygen atoms in total. The number of nitrogens with one attached hydrogen (secondary N) is 1. The number of fused-ring (bicyclic) bond motifs is 1. The number of hydrogen-bond acceptors (Lipinski definition) is 6. The minimum absolute atomic E-state index is 0. The van der Waals surface area contributed by atoms with Gasteiger partial charge in [0, 0.05) is 18.6 Å². The maximum atomic E-state index is 9.26. The van der Waals surface area contributed by atoms with Crippen molar-refractivity contribution >= 4 is 35.3 Å². The predicted octanol–water partition coefficient (Wildman–Crippen LogP) is 1.51. The van der Waals surface area contributed by atoms with E-state index in [2.05, 4.69) is 26.3 Å². The van der Waals surface area contributed by atoms with Crippen molar-refractivity contribution in [2.24, 2.45) is 5.92 Å². The van der Waals surface area contributed by atoms with E-state index >= 15 is 0 Å². The second-order valence-electron chi connectivity index (χ2n) is 5.80. The zero-order chi connectivity index (χ0) is 14.4. The van der Waals surface area contributed by atoms with Crippen molar-refractivity contribution in [1.29, 1.82) is 0 Å². The van der Waals surface area contributed by atoms with Gasteiger partial charge >= 0.3 is 0 Å². The normalized spacial score (nSPS) is 23.7. The Balaban J connectivity index is 0.00000144. The van der Waals surface area contributed by atoms with E-state index in [1.54, 1.807) is 6.33 Å². The highest BCUT2D eigenvalue weighted by molar-refractivity contribution is 5.85. The van der Waals surface area contributed by atoms with E-state index in [4.69, 9.17) is 5.73 Å². The average molecular weight is 323 g/mol. The molecule has 2 aromatic rings. The van der Waals surface area contributed by atoms with Crippen LogP contribution in [0.4, 0.5) is 11.8 Å². The van der Waals surface area contributed by atoms with Gasteiger partial charge in [-0.25, -0.2) is 4.98 Å². The number of allylic oxidation sites excluding steroid dienone is 1. The van der Waals surface area contributed by atoms with Crippen LogP contribution >= 0.6 is 12.4 Å². The third kappa shape index (κ3) is 2.62. The fourth-order valence-electron chi connectivity index (χ4n) is 2.79. The lowest BCUT2D eigenvalue weighted by atomic mass is 10.1. The molecule has 0 aliphatic heterocycles. The van der Waals surface area contributed by atoms with Gasteiger partial charge in [0.1, 0.15) is 0 Å². The van der Waals surface area contributed by atoms with E-state index in [0.717, 1.165) is 36.2 Å². The Labute approximate surface area is 134 Å². The fraction of sp³-hybridized carbons (Fsp3) is 0.500.